The molecular formula is C10H19NOS. The second-order valence-corrected chi connectivity index (χ2v) is 4.12. The third kappa shape index (κ3) is 3.61. The Kier molecular flexibility index (Phi) is 5.32. The van der Waals surface area contributed by atoms with Gasteiger partial charge in [0.05, 0.1) is 12.6 Å². The van der Waals surface area contributed by atoms with Gasteiger partial charge in [0, 0.05) is 12.2 Å². The number of nitrogens with one attached hydrogen (secondary N) is 1. The second-order valence-electron chi connectivity index (χ2n) is 3.21. The minimum atomic E-state index is 0.428. The van der Waals surface area contributed by atoms with Crippen LogP contribution in [0.1, 0.15) is 19.8 Å². The number of rotatable bonds is 6. The van der Waals surface area contributed by atoms with Gasteiger partial charge in [0.15, 0.2) is 0 Å². The molecule has 0 aromatic heterocycles. The SMILES string of the molecule is CCCNC(CSC)C1=CCCO1. The highest BCUT2D eigenvalue weighted by molar-refractivity contribution is 7.98. The molecule has 1 rings (SSSR count). The molecule has 0 aliphatic carbocycles. The van der Waals surface area contributed by atoms with Gasteiger partial charge in [-0.1, -0.05) is 6.92 Å². The van der Waals surface area contributed by atoms with E-state index in [1.165, 1.54) is 6.42 Å². The molecule has 0 saturated heterocycles. The van der Waals surface area contributed by atoms with Gasteiger partial charge in [-0.05, 0) is 25.3 Å². The van der Waals surface area contributed by atoms with E-state index < -0.39 is 0 Å². The van der Waals surface area contributed by atoms with Crippen LogP contribution in [0.4, 0.5) is 0 Å². The van der Waals surface area contributed by atoms with Gasteiger partial charge in [-0.15, -0.1) is 0 Å². The molecule has 13 heavy (non-hydrogen) atoms. The highest BCUT2D eigenvalue weighted by Gasteiger charge is 2.16. The lowest BCUT2D eigenvalue weighted by Crippen LogP contribution is -2.34. The van der Waals surface area contributed by atoms with Crippen molar-refractivity contribution in [3.8, 4) is 0 Å². The first-order valence-corrected chi connectivity index (χ1v) is 6.33. The maximum Gasteiger partial charge on any atom is 0.110 e. The fourth-order valence-electron chi connectivity index (χ4n) is 1.41. The largest absolute Gasteiger partial charge is 0.496 e. The summed E-state index contributed by atoms with van der Waals surface area (Å²) in [4.78, 5) is 0. The molecule has 1 heterocycles. The summed E-state index contributed by atoms with van der Waals surface area (Å²) < 4.78 is 5.55. The molecule has 1 N–H and O–H groups in total. The highest BCUT2D eigenvalue weighted by Crippen LogP contribution is 2.16. The van der Waals surface area contributed by atoms with E-state index in [-0.39, 0.29) is 0 Å². The van der Waals surface area contributed by atoms with Gasteiger partial charge in [-0.2, -0.15) is 11.8 Å². The predicted molar refractivity (Wildman–Crippen MR) is 59.1 cm³/mol. The average molecular weight is 201 g/mol. The molecule has 1 aliphatic heterocycles. The number of thioether (sulfide) groups is 1. The van der Waals surface area contributed by atoms with Crippen LogP contribution in [0.25, 0.3) is 0 Å². The Hall–Kier alpha value is -0.150. The Labute approximate surface area is 85.1 Å². The van der Waals surface area contributed by atoms with E-state index in [9.17, 15) is 0 Å². The lowest BCUT2D eigenvalue weighted by molar-refractivity contribution is 0.220. The van der Waals surface area contributed by atoms with Gasteiger partial charge in [-0.3, -0.25) is 0 Å². The van der Waals surface area contributed by atoms with Gasteiger partial charge in [0.2, 0.25) is 0 Å². The van der Waals surface area contributed by atoms with Crippen LogP contribution in [-0.2, 0) is 4.74 Å². The molecule has 0 aromatic carbocycles. The average Bonchev–Trinajstić information content (AvgIpc) is 2.65. The zero-order valence-corrected chi connectivity index (χ0v) is 9.32. The molecule has 1 aliphatic rings. The molecule has 0 fully saturated rings. The normalized spacial score (nSPS) is 18.2. The van der Waals surface area contributed by atoms with Crippen LogP contribution < -0.4 is 5.32 Å². The summed E-state index contributed by atoms with van der Waals surface area (Å²) in [5.41, 5.74) is 0. The molecule has 1 atom stereocenters. The fourth-order valence-corrected chi connectivity index (χ4v) is 2.02. The van der Waals surface area contributed by atoms with Crippen molar-refractivity contribution in [2.45, 2.75) is 25.8 Å². The first kappa shape index (κ1) is 10.9. The van der Waals surface area contributed by atoms with Crippen LogP contribution >= 0.6 is 11.8 Å². The van der Waals surface area contributed by atoms with Gasteiger partial charge >= 0.3 is 0 Å². The summed E-state index contributed by atoms with van der Waals surface area (Å²) in [5, 5.41) is 3.50. The summed E-state index contributed by atoms with van der Waals surface area (Å²) in [7, 11) is 0. The summed E-state index contributed by atoms with van der Waals surface area (Å²) in [6, 6.07) is 0.428. The summed E-state index contributed by atoms with van der Waals surface area (Å²) in [5.74, 6) is 2.26. The van der Waals surface area contributed by atoms with Gasteiger partial charge < -0.3 is 10.1 Å². The third-order valence-electron chi connectivity index (χ3n) is 2.05. The molecule has 0 amide bonds. The van der Waals surface area contributed by atoms with Crippen molar-refractivity contribution in [1.82, 2.24) is 5.32 Å². The van der Waals surface area contributed by atoms with Crippen LogP contribution in [0.5, 0.6) is 0 Å². The van der Waals surface area contributed by atoms with Crippen LogP contribution in [-0.4, -0.2) is 31.2 Å². The van der Waals surface area contributed by atoms with Gasteiger partial charge in [0.1, 0.15) is 5.76 Å². The lowest BCUT2D eigenvalue weighted by atomic mass is 10.2. The minimum absolute atomic E-state index is 0.428. The smallest absolute Gasteiger partial charge is 0.110 e. The number of ether oxygens (including phenoxy) is 1. The van der Waals surface area contributed by atoms with E-state index in [0.717, 1.165) is 31.1 Å². The van der Waals surface area contributed by atoms with E-state index in [1.54, 1.807) is 0 Å². The first-order valence-electron chi connectivity index (χ1n) is 4.93. The Morgan fingerprint density at radius 2 is 2.54 bits per heavy atom. The van der Waals surface area contributed by atoms with E-state index in [2.05, 4.69) is 24.6 Å². The molecule has 0 aromatic rings. The van der Waals surface area contributed by atoms with E-state index in [4.69, 9.17) is 4.74 Å². The van der Waals surface area contributed by atoms with Gasteiger partial charge in [0.25, 0.3) is 0 Å². The number of hydrogen-bond donors (Lipinski definition) is 1. The molecule has 0 radical (unpaired) electrons. The summed E-state index contributed by atoms with van der Waals surface area (Å²) >= 11 is 1.86. The van der Waals surface area contributed by atoms with Crippen LogP contribution in [0, 0.1) is 0 Å². The van der Waals surface area contributed by atoms with Crippen LogP contribution in [0.15, 0.2) is 11.8 Å². The van der Waals surface area contributed by atoms with Crippen LogP contribution in [0.2, 0.25) is 0 Å². The van der Waals surface area contributed by atoms with Crippen molar-refractivity contribution in [3.63, 3.8) is 0 Å². The standard InChI is InChI=1S/C10H19NOS/c1-3-6-11-9(8-13-2)10-5-4-7-12-10/h5,9,11H,3-4,6-8H2,1-2H3. The Balaban J connectivity index is 2.36. The zero-order valence-electron chi connectivity index (χ0n) is 8.51. The summed E-state index contributed by atoms with van der Waals surface area (Å²) in [6.07, 6.45) is 6.60. The quantitative estimate of drug-likeness (QED) is 0.710. The van der Waals surface area contributed by atoms with Crippen molar-refractivity contribution in [3.05, 3.63) is 11.8 Å². The Morgan fingerprint density at radius 1 is 1.69 bits per heavy atom. The van der Waals surface area contributed by atoms with E-state index >= 15 is 0 Å². The molecular weight excluding hydrogens is 182 g/mol. The molecule has 1 unspecified atom stereocenters. The first-order chi connectivity index (χ1) is 6.38. The Morgan fingerprint density at radius 3 is 3.08 bits per heavy atom. The van der Waals surface area contributed by atoms with Crippen LogP contribution in [0.3, 0.4) is 0 Å². The zero-order chi connectivity index (χ0) is 9.52. The maximum absolute atomic E-state index is 5.55. The van der Waals surface area contributed by atoms with Crippen molar-refractivity contribution in [2.24, 2.45) is 0 Å². The molecule has 0 spiro atoms. The fraction of sp³-hybridized carbons (Fsp3) is 0.800. The second kappa shape index (κ2) is 6.33. The van der Waals surface area contributed by atoms with Gasteiger partial charge in [-0.25, -0.2) is 0 Å². The maximum atomic E-state index is 5.55. The molecule has 76 valence electrons. The molecule has 0 saturated carbocycles. The van der Waals surface area contributed by atoms with E-state index in [0.29, 0.717) is 6.04 Å². The lowest BCUT2D eigenvalue weighted by Gasteiger charge is -2.18. The summed E-state index contributed by atoms with van der Waals surface area (Å²) in [6.45, 7) is 4.13. The van der Waals surface area contributed by atoms with Crippen molar-refractivity contribution in [1.29, 1.82) is 0 Å². The highest BCUT2D eigenvalue weighted by atomic mass is 32.2. The topological polar surface area (TPSA) is 21.3 Å². The Bertz CT molecular complexity index is 170. The predicted octanol–water partition coefficient (Wildman–Crippen LogP) is 2.02. The molecule has 2 nitrogen and oxygen atoms in total. The molecule has 3 heteroatoms. The third-order valence-corrected chi connectivity index (χ3v) is 2.72. The van der Waals surface area contributed by atoms with Crippen molar-refractivity contribution in [2.75, 3.05) is 25.2 Å². The van der Waals surface area contributed by atoms with Crippen molar-refractivity contribution < 1.29 is 4.74 Å². The monoisotopic (exact) mass is 201 g/mol. The number of hydrogen-bond acceptors (Lipinski definition) is 3. The van der Waals surface area contributed by atoms with Crippen molar-refractivity contribution >= 4 is 11.8 Å². The van der Waals surface area contributed by atoms with E-state index in [1.807, 2.05) is 11.8 Å². The minimum Gasteiger partial charge on any atom is -0.496 e. The molecule has 0 bridgehead atoms.